The molecule has 0 fully saturated rings. The van der Waals surface area contributed by atoms with Gasteiger partial charge in [0, 0.05) is 19.6 Å². The van der Waals surface area contributed by atoms with Gasteiger partial charge in [-0.25, -0.2) is 4.79 Å². The summed E-state index contributed by atoms with van der Waals surface area (Å²) in [6.07, 6.45) is 4.88. The van der Waals surface area contributed by atoms with E-state index in [9.17, 15) is 4.79 Å². The van der Waals surface area contributed by atoms with Gasteiger partial charge in [-0.15, -0.1) is 0 Å². The fraction of sp³-hybridized carbons (Fsp3) is 0.556. The Labute approximate surface area is 139 Å². The van der Waals surface area contributed by atoms with Gasteiger partial charge >= 0.3 is 5.97 Å². The molecule has 1 aromatic carbocycles. The molecular weight excluding hydrogens is 290 g/mol. The maximum Gasteiger partial charge on any atom is 0.337 e. The normalized spacial score (nSPS) is 12.6. The van der Waals surface area contributed by atoms with E-state index in [-0.39, 0.29) is 5.97 Å². The quantitative estimate of drug-likeness (QED) is 0.334. The highest BCUT2D eigenvalue weighted by molar-refractivity contribution is 5.89. The molecule has 0 heterocycles. The fourth-order valence-corrected chi connectivity index (χ4v) is 2.26. The van der Waals surface area contributed by atoms with Gasteiger partial charge in [0.05, 0.1) is 12.7 Å². The van der Waals surface area contributed by atoms with Gasteiger partial charge in [0.1, 0.15) is 0 Å². The predicted molar refractivity (Wildman–Crippen MR) is 94.7 cm³/mol. The molecule has 1 rings (SSSR count). The number of aliphatic imine (C=N–C) groups is 1. The molecule has 5 nitrogen and oxygen atoms in total. The zero-order valence-corrected chi connectivity index (χ0v) is 14.7. The number of hydrogen-bond acceptors (Lipinski definition) is 3. The monoisotopic (exact) mass is 319 g/mol. The molecule has 0 bridgehead atoms. The lowest BCUT2D eigenvalue weighted by atomic mass is 10.1. The van der Waals surface area contributed by atoms with E-state index in [1.54, 1.807) is 19.2 Å². The Balaban J connectivity index is 2.43. The van der Waals surface area contributed by atoms with Gasteiger partial charge in [-0.1, -0.05) is 38.3 Å². The van der Waals surface area contributed by atoms with E-state index >= 15 is 0 Å². The molecule has 0 aliphatic carbocycles. The number of carbonyl (C=O) groups excluding carboxylic acids is 1. The molecule has 2 N–H and O–H groups in total. The molecule has 23 heavy (non-hydrogen) atoms. The van der Waals surface area contributed by atoms with Gasteiger partial charge < -0.3 is 15.4 Å². The number of unbranched alkanes of at least 4 members (excludes halogenated alkanes) is 2. The molecule has 128 valence electrons. The van der Waals surface area contributed by atoms with Gasteiger partial charge in [-0.3, -0.25) is 4.99 Å². The molecule has 0 saturated heterocycles. The SMILES string of the molecule is CCCCCC(C)NC(=NC)NCc1ccc(C(=O)OC)cc1. The van der Waals surface area contributed by atoms with Crippen LogP contribution in [0.25, 0.3) is 0 Å². The van der Waals surface area contributed by atoms with E-state index < -0.39 is 0 Å². The molecule has 0 saturated carbocycles. The third-order valence-electron chi connectivity index (χ3n) is 3.68. The summed E-state index contributed by atoms with van der Waals surface area (Å²) < 4.78 is 4.69. The van der Waals surface area contributed by atoms with E-state index in [4.69, 9.17) is 4.74 Å². The lowest BCUT2D eigenvalue weighted by molar-refractivity contribution is 0.0600. The Morgan fingerprint density at radius 3 is 2.52 bits per heavy atom. The largest absolute Gasteiger partial charge is 0.465 e. The average molecular weight is 319 g/mol. The van der Waals surface area contributed by atoms with Crippen molar-refractivity contribution in [1.82, 2.24) is 10.6 Å². The summed E-state index contributed by atoms with van der Waals surface area (Å²) in [5.74, 6) is 0.480. The molecule has 0 radical (unpaired) electrons. The number of rotatable bonds is 8. The van der Waals surface area contributed by atoms with Crippen LogP contribution in [0.4, 0.5) is 0 Å². The number of nitrogens with one attached hydrogen (secondary N) is 2. The van der Waals surface area contributed by atoms with Crippen LogP contribution in [0.5, 0.6) is 0 Å². The van der Waals surface area contributed by atoms with Crippen LogP contribution >= 0.6 is 0 Å². The Morgan fingerprint density at radius 2 is 1.96 bits per heavy atom. The first-order valence-corrected chi connectivity index (χ1v) is 8.25. The highest BCUT2D eigenvalue weighted by Gasteiger charge is 2.06. The number of guanidine groups is 1. The van der Waals surface area contributed by atoms with Crippen LogP contribution in [-0.2, 0) is 11.3 Å². The molecule has 1 aromatic rings. The van der Waals surface area contributed by atoms with Crippen LogP contribution in [0.3, 0.4) is 0 Å². The predicted octanol–water partition coefficient (Wildman–Crippen LogP) is 3.11. The van der Waals surface area contributed by atoms with Crippen LogP contribution in [0.15, 0.2) is 29.3 Å². The number of hydrogen-bond donors (Lipinski definition) is 2. The minimum absolute atomic E-state index is 0.317. The Bertz CT molecular complexity index is 497. The number of benzene rings is 1. The number of ether oxygens (including phenoxy) is 1. The maximum absolute atomic E-state index is 11.4. The number of esters is 1. The third-order valence-corrected chi connectivity index (χ3v) is 3.68. The third kappa shape index (κ3) is 7.17. The van der Waals surface area contributed by atoms with Crippen molar-refractivity contribution in [2.75, 3.05) is 14.2 Å². The fourth-order valence-electron chi connectivity index (χ4n) is 2.26. The zero-order chi connectivity index (χ0) is 17.1. The van der Waals surface area contributed by atoms with Gasteiger partial charge in [-0.2, -0.15) is 0 Å². The topological polar surface area (TPSA) is 62.7 Å². The molecule has 0 aliphatic heterocycles. The van der Waals surface area contributed by atoms with Crippen molar-refractivity contribution in [2.24, 2.45) is 4.99 Å². The lowest BCUT2D eigenvalue weighted by Gasteiger charge is -2.18. The first-order valence-electron chi connectivity index (χ1n) is 8.25. The van der Waals surface area contributed by atoms with Crippen molar-refractivity contribution in [1.29, 1.82) is 0 Å². The highest BCUT2D eigenvalue weighted by atomic mass is 16.5. The molecule has 0 aliphatic rings. The highest BCUT2D eigenvalue weighted by Crippen LogP contribution is 2.06. The average Bonchev–Trinajstić information content (AvgIpc) is 2.58. The summed E-state index contributed by atoms with van der Waals surface area (Å²) in [6.45, 7) is 5.04. The minimum Gasteiger partial charge on any atom is -0.465 e. The second-order valence-corrected chi connectivity index (χ2v) is 5.66. The smallest absolute Gasteiger partial charge is 0.337 e. The van der Waals surface area contributed by atoms with E-state index in [0.717, 1.165) is 17.9 Å². The summed E-state index contributed by atoms with van der Waals surface area (Å²) in [7, 11) is 3.16. The van der Waals surface area contributed by atoms with E-state index in [2.05, 4.69) is 29.5 Å². The van der Waals surface area contributed by atoms with Crippen LogP contribution in [-0.4, -0.2) is 32.1 Å². The molecule has 5 heteroatoms. The first-order chi connectivity index (χ1) is 11.1. The molecule has 0 aromatic heterocycles. The van der Waals surface area contributed by atoms with Crippen molar-refractivity contribution < 1.29 is 9.53 Å². The van der Waals surface area contributed by atoms with Crippen LogP contribution < -0.4 is 10.6 Å². The summed E-state index contributed by atoms with van der Waals surface area (Å²) in [4.78, 5) is 15.7. The standard InChI is InChI=1S/C18H29N3O2/c1-5-6-7-8-14(2)21-18(19-3)20-13-15-9-11-16(12-10-15)17(22)23-4/h9-12,14H,5-8,13H2,1-4H3,(H2,19,20,21). The summed E-state index contributed by atoms with van der Waals surface area (Å²) in [5, 5.41) is 6.69. The zero-order valence-electron chi connectivity index (χ0n) is 14.7. The molecule has 1 unspecified atom stereocenters. The molecule has 0 amide bonds. The van der Waals surface area contributed by atoms with E-state index in [0.29, 0.717) is 18.2 Å². The van der Waals surface area contributed by atoms with E-state index in [1.165, 1.54) is 26.4 Å². The summed E-state index contributed by atoms with van der Waals surface area (Å²) in [5.41, 5.74) is 1.64. The van der Waals surface area contributed by atoms with Crippen molar-refractivity contribution in [3.05, 3.63) is 35.4 Å². The van der Waals surface area contributed by atoms with Crippen molar-refractivity contribution >= 4 is 11.9 Å². The minimum atomic E-state index is -0.317. The Kier molecular flexibility index (Phi) is 8.80. The van der Waals surface area contributed by atoms with Crippen LogP contribution in [0, 0.1) is 0 Å². The number of carbonyl (C=O) groups is 1. The maximum atomic E-state index is 11.4. The lowest BCUT2D eigenvalue weighted by Crippen LogP contribution is -2.41. The molecular formula is C18H29N3O2. The Morgan fingerprint density at radius 1 is 1.26 bits per heavy atom. The van der Waals surface area contributed by atoms with Crippen LogP contribution in [0.2, 0.25) is 0 Å². The van der Waals surface area contributed by atoms with Gasteiger partial charge in [-0.05, 0) is 31.0 Å². The van der Waals surface area contributed by atoms with Gasteiger partial charge in [0.2, 0.25) is 0 Å². The van der Waals surface area contributed by atoms with Crippen molar-refractivity contribution in [3.8, 4) is 0 Å². The Hall–Kier alpha value is -2.04. The van der Waals surface area contributed by atoms with Crippen molar-refractivity contribution in [2.45, 2.75) is 52.1 Å². The summed E-state index contributed by atoms with van der Waals surface area (Å²) >= 11 is 0. The number of nitrogens with zero attached hydrogens (tertiary/aromatic N) is 1. The molecule has 1 atom stereocenters. The van der Waals surface area contributed by atoms with Crippen LogP contribution in [0.1, 0.15) is 55.5 Å². The first kappa shape index (κ1) is 19.0. The molecule has 0 spiro atoms. The van der Waals surface area contributed by atoms with Crippen molar-refractivity contribution in [3.63, 3.8) is 0 Å². The second kappa shape index (κ2) is 10.6. The number of methoxy groups -OCH3 is 1. The second-order valence-electron chi connectivity index (χ2n) is 5.66. The van der Waals surface area contributed by atoms with Gasteiger partial charge in [0.25, 0.3) is 0 Å². The summed E-state index contributed by atoms with van der Waals surface area (Å²) in [6, 6.07) is 7.77. The van der Waals surface area contributed by atoms with E-state index in [1.807, 2.05) is 12.1 Å². The van der Waals surface area contributed by atoms with Gasteiger partial charge in [0.15, 0.2) is 5.96 Å².